The molecule has 1 aliphatic heterocycles. The Morgan fingerprint density at radius 1 is 1.25 bits per heavy atom. The molecule has 1 aliphatic rings. The predicted octanol–water partition coefficient (Wildman–Crippen LogP) is 3.48. The van der Waals surface area contributed by atoms with Crippen LogP contribution in [-0.4, -0.2) is 41.1 Å². The molecule has 28 heavy (non-hydrogen) atoms. The molecule has 1 fully saturated rings. The first-order valence-corrected chi connectivity index (χ1v) is 8.96. The van der Waals surface area contributed by atoms with Crippen molar-refractivity contribution in [1.29, 1.82) is 5.26 Å². The Labute approximate surface area is 161 Å². The van der Waals surface area contributed by atoms with Crippen molar-refractivity contribution in [2.24, 2.45) is 0 Å². The van der Waals surface area contributed by atoms with Gasteiger partial charge in [0.1, 0.15) is 29.7 Å². The van der Waals surface area contributed by atoms with Crippen LogP contribution in [0.5, 0.6) is 0 Å². The number of aryl methyl sites for hydroxylation is 2. The molecular formula is C19H21F3N6. The number of aromatic nitrogens is 3. The van der Waals surface area contributed by atoms with Crippen molar-refractivity contribution in [3.05, 3.63) is 41.0 Å². The van der Waals surface area contributed by atoms with Gasteiger partial charge in [0.15, 0.2) is 0 Å². The first kappa shape index (κ1) is 19.9. The summed E-state index contributed by atoms with van der Waals surface area (Å²) in [5.41, 5.74) is 1.27. The molecule has 148 valence electrons. The number of alkyl halides is 3. The maximum Gasteiger partial charge on any atom is 0.433 e. The number of anilines is 2. The largest absolute Gasteiger partial charge is 0.433 e. The summed E-state index contributed by atoms with van der Waals surface area (Å²) >= 11 is 0. The van der Waals surface area contributed by atoms with Crippen LogP contribution in [0.4, 0.5) is 24.8 Å². The van der Waals surface area contributed by atoms with Crippen molar-refractivity contribution in [3.8, 4) is 6.07 Å². The summed E-state index contributed by atoms with van der Waals surface area (Å²) in [4.78, 5) is 15.7. The summed E-state index contributed by atoms with van der Waals surface area (Å²) in [5.74, 6) is 0.861. The molecule has 2 aromatic rings. The minimum Gasteiger partial charge on any atom is -0.355 e. The second-order valence-corrected chi connectivity index (χ2v) is 7.00. The Balaban J connectivity index is 1.86. The average molecular weight is 390 g/mol. The molecule has 0 saturated carbocycles. The molecule has 3 heterocycles. The van der Waals surface area contributed by atoms with Gasteiger partial charge in [0.05, 0.1) is 5.56 Å². The molecule has 2 aromatic heterocycles. The minimum absolute atomic E-state index is 0.0566. The number of nitriles is 1. The zero-order chi connectivity index (χ0) is 20.5. The van der Waals surface area contributed by atoms with Crippen molar-refractivity contribution in [2.75, 3.05) is 29.9 Å². The van der Waals surface area contributed by atoms with Gasteiger partial charge < -0.3 is 9.80 Å². The first-order chi connectivity index (χ1) is 13.2. The topological polar surface area (TPSA) is 68.9 Å². The Bertz CT molecular complexity index is 906. The molecule has 0 N–H and O–H groups in total. The number of halogens is 3. The number of pyridine rings is 1. The standard InChI is InChI=1S/C19H21F3N6/c1-12-7-13(2)26-18(15(12)9-23)28-6-4-5-14(10-28)27(3)17-8-16(19(20,21)22)24-11-25-17/h7-8,11,14H,4-6,10H2,1-3H3. The highest BCUT2D eigenvalue weighted by atomic mass is 19.4. The van der Waals surface area contributed by atoms with Crippen molar-refractivity contribution in [2.45, 2.75) is 38.9 Å². The van der Waals surface area contributed by atoms with Crippen LogP contribution in [0.1, 0.15) is 35.4 Å². The van der Waals surface area contributed by atoms with E-state index >= 15 is 0 Å². The Morgan fingerprint density at radius 3 is 2.68 bits per heavy atom. The molecule has 0 bridgehead atoms. The fraction of sp³-hybridized carbons (Fsp3) is 0.474. The van der Waals surface area contributed by atoms with Gasteiger partial charge in [0.2, 0.25) is 0 Å². The van der Waals surface area contributed by atoms with E-state index in [0.717, 1.165) is 43.0 Å². The van der Waals surface area contributed by atoms with Crippen molar-refractivity contribution in [1.82, 2.24) is 15.0 Å². The van der Waals surface area contributed by atoms with Crippen LogP contribution in [-0.2, 0) is 6.18 Å². The van der Waals surface area contributed by atoms with E-state index in [1.165, 1.54) is 0 Å². The zero-order valence-electron chi connectivity index (χ0n) is 16.0. The third-order valence-corrected chi connectivity index (χ3v) is 4.99. The lowest BCUT2D eigenvalue weighted by Crippen LogP contribution is -2.47. The number of nitrogens with zero attached hydrogens (tertiary/aromatic N) is 6. The van der Waals surface area contributed by atoms with E-state index in [-0.39, 0.29) is 11.9 Å². The fourth-order valence-electron chi connectivity index (χ4n) is 3.53. The van der Waals surface area contributed by atoms with Gasteiger partial charge in [-0.05, 0) is 38.3 Å². The Morgan fingerprint density at radius 2 is 2.00 bits per heavy atom. The lowest BCUT2D eigenvalue weighted by Gasteiger charge is -2.39. The third-order valence-electron chi connectivity index (χ3n) is 4.99. The quantitative estimate of drug-likeness (QED) is 0.799. The summed E-state index contributed by atoms with van der Waals surface area (Å²) < 4.78 is 38.9. The molecular weight excluding hydrogens is 369 g/mol. The van der Waals surface area contributed by atoms with Gasteiger partial charge in [-0.15, -0.1) is 0 Å². The molecule has 0 aromatic carbocycles. The summed E-state index contributed by atoms with van der Waals surface area (Å²) in [6.07, 6.45) is -1.92. The summed E-state index contributed by atoms with van der Waals surface area (Å²) in [6.45, 7) is 5.05. The van der Waals surface area contributed by atoms with E-state index in [2.05, 4.69) is 21.0 Å². The molecule has 1 atom stereocenters. The van der Waals surface area contributed by atoms with Gasteiger partial charge in [-0.1, -0.05) is 0 Å². The van der Waals surface area contributed by atoms with E-state index in [1.54, 1.807) is 11.9 Å². The number of hydrogen-bond acceptors (Lipinski definition) is 6. The average Bonchev–Trinajstić information content (AvgIpc) is 2.66. The van der Waals surface area contributed by atoms with Crippen LogP contribution in [0.25, 0.3) is 0 Å². The Kier molecular flexibility index (Phi) is 5.40. The zero-order valence-corrected chi connectivity index (χ0v) is 16.0. The van der Waals surface area contributed by atoms with E-state index in [1.807, 2.05) is 24.8 Å². The molecule has 9 heteroatoms. The van der Waals surface area contributed by atoms with Crippen LogP contribution in [0.2, 0.25) is 0 Å². The van der Waals surface area contributed by atoms with Crippen molar-refractivity contribution >= 4 is 11.6 Å². The molecule has 0 amide bonds. The highest BCUT2D eigenvalue weighted by molar-refractivity contribution is 5.58. The number of hydrogen-bond donors (Lipinski definition) is 0. The summed E-state index contributed by atoms with van der Waals surface area (Å²) in [6, 6.07) is 5.01. The number of piperidine rings is 1. The monoisotopic (exact) mass is 390 g/mol. The number of likely N-dealkylation sites (N-methyl/N-ethyl adjacent to an activating group) is 1. The van der Waals surface area contributed by atoms with Gasteiger partial charge >= 0.3 is 6.18 Å². The minimum atomic E-state index is -4.51. The third kappa shape index (κ3) is 4.01. The SMILES string of the molecule is Cc1cc(C)c(C#N)c(N2CCCC(N(C)c3cc(C(F)(F)F)ncn3)C2)n1. The fourth-order valence-corrected chi connectivity index (χ4v) is 3.53. The summed E-state index contributed by atoms with van der Waals surface area (Å²) in [5, 5.41) is 9.53. The normalized spacial score (nSPS) is 17.3. The second-order valence-electron chi connectivity index (χ2n) is 7.00. The van der Waals surface area contributed by atoms with Crippen LogP contribution in [0.3, 0.4) is 0 Å². The van der Waals surface area contributed by atoms with Crippen LogP contribution in [0.15, 0.2) is 18.5 Å². The van der Waals surface area contributed by atoms with E-state index in [9.17, 15) is 18.4 Å². The molecule has 0 radical (unpaired) electrons. The maximum atomic E-state index is 13.0. The molecule has 0 spiro atoms. The second kappa shape index (κ2) is 7.62. The Hall–Kier alpha value is -2.89. The van der Waals surface area contributed by atoms with E-state index < -0.39 is 11.9 Å². The predicted molar refractivity (Wildman–Crippen MR) is 99.1 cm³/mol. The highest BCUT2D eigenvalue weighted by Crippen LogP contribution is 2.31. The van der Waals surface area contributed by atoms with Crippen molar-refractivity contribution < 1.29 is 13.2 Å². The molecule has 3 rings (SSSR count). The van der Waals surface area contributed by atoms with Crippen LogP contribution in [0, 0.1) is 25.2 Å². The molecule has 6 nitrogen and oxygen atoms in total. The van der Waals surface area contributed by atoms with Gasteiger partial charge in [-0.25, -0.2) is 15.0 Å². The van der Waals surface area contributed by atoms with Gasteiger partial charge in [-0.3, -0.25) is 0 Å². The van der Waals surface area contributed by atoms with Crippen molar-refractivity contribution in [3.63, 3.8) is 0 Å². The van der Waals surface area contributed by atoms with Gasteiger partial charge in [0, 0.05) is 37.9 Å². The van der Waals surface area contributed by atoms with E-state index in [0.29, 0.717) is 17.9 Å². The highest BCUT2D eigenvalue weighted by Gasteiger charge is 2.34. The lowest BCUT2D eigenvalue weighted by atomic mass is 10.0. The maximum absolute atomic E-state index is 13.0. The molecule has 1 saturated heterocycles. The lowest BCUT2D eigenvalue weighted by molar-refractivity contribution is -0.141. The molecule has 1 unspecified atom stereocenters. The van der Waals surface area contributed by atoms with Crippen LogP contribution >= 0.6 is 0 Å². The number of rotatable bonds is 3. The molecule has 0 aliphatic carbocycles. The smallest absolute Gasteiger partial charge is 0.355 e. The first-order valence-electron chi connectivity index (χ1n) is 8.96. The van der Waals surface area contributed by atoms with Crippen LogP contribution < -0.4 is 9.80 Å². The van der Waals surface area contributed by atoms with Gasteiger partial charge in [-0.2, -0.15) is 18.4 Å². The van der Waals surface area contributed by atoms with E-state index in [4.69, 9.17) is 0 Å². The summed E-state index contributed by atoms with van der Waals surface area (Å²) in [7, 11) is 1.73. The van der Waals surface area contributed by atoms with Gasteiger partial charge in [0.25, 0.3) is 0 Å².